The van der Waals surface area contributed by atoms with Crippen LogP contribution in [0, 0.1) is 0 Å². The van der Waals surface area contributed by atoms with E-state index in [1.807, 2.05) is 12.1 Å². The van der Waals surface area contributed by atoms with Gasteiger partial charge in [-0.1, -0.05) is 11.6 Å². The Morgan fingerprint density at radius 3 is 2.69 bits per heavy atom. The minimum absolute atomic E-state index is 0.150. The molecule has 1 saturated heterocycles. The molecule has 1 aliphatic heterocycles. The van der Waals surface area contributed by atoms with Crippen molar-refractivity contribution >= 4 is 22.9 Å². The third kappa shape index (κ3) is 2.76. The fourth-order valence-corrected chi connectivity index (χ4v) is 3.16. The van der Waals surface area contributed by atoms with Crippen LogP contribution in [0.4, 0.5) is 0 Å². The molecule has 2 N–H and O–H groups in total. The average molecular weight is 261 g/mol. The van der Waals surface area contributed by atoms with Gasteiger partial charge in [-0.05, 0) is 19.1 Å². The molecule has 0 radical (unpaired) electrons. The van der Waals surface area contributed by atoms with Crippen molar-refractivity contribution in [1.82, 2.24) is 10.2 Å². The molecule has 0 aromatic carbocycles. The van der Waals surface area contributed by atoms with E-state index in [4.69, 9.17) is 11.6 Å². The minimum atomic E-state index is -0.435. The van der Waals surface area contributed by atoms with Crippen molar-refractivity contribution in [3.8, 4) is 0 Å². The third-order valence-corrected chi connectivity index (χ3v) is 4.37. The number of rotatable bonds is 3. The fraction of sp³-hybridized carbons (Fsp3) is 0.636. The molecule has 1 fully saturated rings. The summed E-state index contributed by atoms with van der Waals surface area (Å²) in [5, 5.41) is 13.6. The molecule has 0 bridgehead atoms. The summed E-state index contributed by atoms with van der Waals surface area (Å²) in [5.41, 5.74) is 0. The molecule has 1 aromatic heterocycles. The highest BCUT2D eigenvalue weighted by molar-refractivity contribution is 7.16. The number of nitrogens with one attached hydrogen (secondary N) is 1. The minimum Gasteiger partial charge on any atom is -0.386 e. The van der Waals surface area contributed by atoms with Crippen LogP contribution in [-0.4, -0.2) is 42.2 Å². The second-order valence-electron chi connectivity index (χ2n) is 4.11. The molecule has 16 heavy (non-hydrogen) atoms. The summed E-state index contributed by atoms with van der Waals surface area (Å²) in [6.07, 6.45) is -0.435. The summed E-state index contributed by atoms with van der Waals surface area (Å²) in [5.74, 6) is 0. The Hall–Kier alpha value is -0.130. The summed E-state index contributed by atoms with van der Waals surface area (Å²) >= 11 is 7.34. The van der Waals surface area contributed by atoms with Crippen LogP contribution >= 0.6 is 22.9 Å². The van der Waals surface area contributed by atoms with E-state index in [1.165, 1.54) is 11.3 Å². The maximum atomic E-state index is 10.2. The van der Waals surface area contributed by atoms with Crippen LogP contribution in [0.2, 0.25) is 4.34 Å². The van der Waals surface area contributed by atoms with Gasteiger partial charge in [-0.15, -0.1) is 11.3 Å². The summed E-state index contributed by atoms with van der Waals surface area (Å²) in [4.78, 5) is 3.27. The van der Waals surface area contributed by atoms with Crippen molar-refractivity contribution in [2.75, 3.05) is 26.2 Å². The Morgan fingerprint density at radius 1 is 1.44 bits per heavy atom. The Kier molecular flexibility index (Phi) is 4.21. The van der Waals surface area contributed by atoms with Crippen molar-refractivity contribution < 1.29 is 5.11 Å². The molecular formula is C11H17ClN2OS. The molecule has 1 aliphatic rings. The van der Waals surface area contributed by atoms with Gasteiger partial charge >= 0.3 is 0 Å². The molecule has 2 heterocycles. The summed E-state index contributed by atoms with van der Waals surface area (Å²) in [6, 6.07) is 3.91. The highest BCUT2D eigenvalue weighted by Crippen LogP contribution is 2.30. The molecule has 0 spiro atoms. The number of thiophene rings is 1. The summed E-state index contributed by atoms with van der Waals surface area (Å²) in [6.45, 7) is 6.07. The molecule has 1 aromatic rings. The predicted octanol–water partition coefficient (Wildman–Crippen LogP) is 1.73. The van der Waals surface area contributed by atoms with Gasteiger partial charge < -0.3 is 10.4 Å². The van der Waals surface area contributed by atoms with Gasteiger partial charge in [0.1, 0.15) is 6.10 Å². The number of hydrogen-bond acceptors (Lipinski definition) is 4. The van der Waals surface area contributed by atoms with E-state index in [1.54, 1.807) is 0 Å². The Labute approximate surface area is 105 Å². The van der Waals surface area contributed by atoms with Gasteiger partial charge in [0.2, 0.25) is 0 Å². The zero-order valence-corrected chi connectivity index (χ0v) is 10.9. The van der Waals surface area contributed by atoms with Gasteiger partial charge in [0.15, 0.2) is 0 Å². The van der Waals surface area contributed by atoms with Crippen LogP contribution < -0.4 is 5.32 Å². The SMILES string of the molecule is CC(C(O)c1ccc(Cl)s1)N1CCNCC1. The van der Waals surface area contributed by atoms with Crippen molar-refractivity contribution in [2.45, 2.75) is 19.1 Å². The Morgan fingerprint density at radius 2 is 2.12 bits per heavy atom. The molecule has 2 unspecified atom stereocenters. The van der Waals surface area contributed by atoms with Gasteiger partial charge in [-0.3, -0.25) is 4.90 Å². The van der Waals surface area contributed by atoms with Crippen molar-refractivity contribution in [2.24, 2.45) is 0 Å². The van der Waals surface area contributed by atoms with Crippen molar-refractivity contribution in [1.29, 1.82) is 0 Å². The molecule has 3 nitrogen and oxygen atoms in total. The smallest absolute Gasteiger partial charge is 0.103 e. The van der Waals surface area contributed by atoms with E-state index in [0.29, 0.717) is 0 Å². The molecule has 2 rings (SSSR count). The van der Waals surface area contributed by atoms with Gasteiger partial charge in [0.05, 0.1) is 4.34 Å². The second-order valence-corrected chi connectivity index (χ2v) is 5.86. The number of piperazine rings is 1. The maximum Gasteiger partial charge on any atom is 0.103 e. The van der Waals surface area contributed by atoms with E-state index in [9.17, 15) is 5.11 Å². The van der Waals surface area contributed by atoms with Crippen LogP contribution in [0.25, 0.3) is 0 Å². The van der Waals surface area contributed by atoms with Gasteiger partial charge in [-0.25, -0.2) is 0 Å². The van der Waals surface area contributed by atoms with Gasteiger partial charge in [0, 0.05) is 37.1 Å². The topological polar surface area (TPSA) is 35.5 Å². The van der Waals surface area contributed by atoms with Crippen LogP contribution in [0.3, 0.4) is 0 Å². The highest BCUT2D eigenvalue weighted by Gasteiger charge is 2.25. The van der Waals surface area contributed by atoms with Crippen molar-refractivity contribution in [3.63, 3.8) is 0 Å². The number of nitrogens with zero attached hydrogens (tertiary/aromatic N) is 1. The van der Waals surface area contributed by atoms with Crippen LogP contribution in [-0.2, 0) is 0 Å². The van der Waals surface area contributed by atoms with E-state index in [2.05, 4.69) is 17.1 Å². The van der Waals surface area contributed by atoms with Crippen LogP contribution in [0.5, 0.6) is 0 Å². The first-order chi connectivity index (χ1) is 7.68. The van der Waals surface area contributed by atoms with Gasteiger partial charge in [0.25, 0.3) is 0 Å². The Balaban J connectivity index is 2.00. The predicted molar refractivity (Wildman–Crippen MR) is 68.2 cm³/mol. The lowest BCUT2D eigenvalue weighted by Gasteiger charge is -2.35. The number of hydrogen-bond donors (Lipinski definition) is 2. The molecule has 90 valence electrons. The summed E-state index contributed by atoms with van der Waals surface area (Å²) < 4.78 is 0.738. The van der Waals surface area contributed by atoms with E-state index < -0.39 is 6.10 Å². The number of aliphatic hydroxyl groups is 1. The lowest BCUT2D eigenvalue weighted by Crippen LogP contribution is -2.49. The first-order valence-corrected chi connectivity index (χ1v) is 6.76. The number of aliphatic hydroxyl groups excluding tert-OH is 1. The normalized spacial score (nSPS) is 21.9. The van der Waals surface area contributed by atoms with Crippen molar-refractivity contribution in [3.05, 3.63) is 21.3 Å². The molecule has 0 aliphatic carbocycles. The van der Waals surface area contributed by atoms with Gasteiger partial charge in [-0.2, -0.15) is 0 Å². The van der Waals surface area contributed by atoms with Crippen LogP contribution in [0.1, 0.15) is 17.9 Å². The first kappa shape index (κ1) is 12.3. The largest absolute Gasteiger partial charge is 0.386 e. The number of halogens is 1. The fourth-order valence-electron chi connectivity index (χ4n) is 2.01. The monoisotopic (exact) mass is 260 g/mol. The molecule has 0 amide bonds. The lowest BCUT2D eigenvalue weighted by atomic mass is 10.1. The quantitative estimate of drug-likeness (QED) is 0.869. The first-order valence-electron chi connectivity index (χ1n) is 5.56. The zero-order chi connectivity index (χ0) is 11.5. The second kappa shape index (κ2) is 5.47. The molecule has 2 atom stereocenters. The summed E-state index contributed by atoms with van der Waals surface area (Å²) in [7, 11) is 0. The Bertz CT molecular complexity index is 338. The zero-order valence-electron chi connectivity index (χ0n) is 9.32. The van der Waals surface area contributed by atoms with E-state index in [0.717, 1.165) is 35.4 Å². The molecule has 0 saturated carbocycles. The van der Waals surface area contributed by atoms with E-state index >= 15 is 0 Å². The lowest BCUT2D eigenvalue weighted by molar-refractivity contribution is 0.0532. The molecular weight excluding hydrogens is 244 g/mol. The third-order valence-electron chi connectivity index (χ3n) is 3.07. The maximum absolute atomic E-state index is 10.2. The molecule has 5 heteroatoms. The highest BCUT2D eigenvalue weighted by atomic mass is 35.5. The standard InChI is InChI=1S/C11H17ClN2OS/c1-8(14-6-4-13-5-7-14)11(15)9-2-3-10(12)16-9/h2-3,8,11,13,15H,4-7H2,1H3. The van der Waals surface area contributed by atoms with E-state index in [-0.39, 0.29) is 6.04 Å². The van der Waals surface area contributed by atoms with Crippen LogP contribution in [0.15, 0.2) is 12.1 Å². The average Bonchev–Trinajstić information content (AvgIpc) is 2.75.